The number of ether oxygens (including phenoxy) is 2. The molecular formula is C16H19N7O2. The van der Waals surface area contributed by atoms with Crippen LogP contribution in [0.3, 0.4) is 0 Å². The summed E-state index contributed by atoms with van der Waals surface area (Å²) in [5.41, 5.74) is 3.24. The summed E-state index contributed by atoms with van der Waals surface area (Å²) < 4.78 is 11.0. The minimum absolute atomic E-state index is 0.163. The fraction of sp³-hybridized carbons (Fsp3) is 0.375. The number of hydrogen-bond acceptors (Lipinski definition) is 7. The standard InChI is InChI=1S/C16H19N7O2/c1-24-13-4-2-11(3-5-13)15-12(8-17-18-15)9-23-6-7-25-14(10-23)16-19-21-22-20-16/h2-5,8,14H,6-7,9-10H2,1H3,(H,17,18)(H,19,20,21,22). The summed E-state index contributed by atoms with van der Waals surface area (Å²) in [7, 11) is 1.66. The summed E-state index contributed by atoms with van der Waals surface area (Å²) in [6, 6.07) is 7.94. The first-order valence-corrected chi connectivity index (χ1v) is 8.07. The molecule has 1 unspecified atom stereocenters. The molecule has 1 aliphatic rings. The summed E-state index contributed by atoms with van der Waals surface area (Å²) in [6.45, 7) is 2.97. The SMILES string of the molecule is COc1ccc(-c2[nH]ncc2CN2CCOC(c3nn[nH]n3)C2)cc1. The second-order valence-electron chi connectivity index (χ2n) is 5.86. The largest absolute Gasteiger partial charge is 0.497 e. The molecule has 9 heteroatoms. The molecule has 9 nitrogen and oxygen atoms in total. The fourth-order valence-electron chi connectivity index (χ4n) is 2.99. The summed E-state index contributed by atoms with van der Waals surface area (Å²) in [5, 5.41) is 21.4. The van der Waals surface area contributed by atoms with Gasteiger partial charge in [-0.25, -0.2) is 0 Å². The van der Waals surface area contributed by atoms with Crippen LogP contribution in [0.2, 0.25) is 0 Å². The molecule has 3 aromatic rings. The number of hydrogen-bond donors (Lipinski definition) is 2. The predicted octanol–water partition coefficient (Wildman–Crippen LogP) is 1.17. The number of aromatic amines is 2. The number of H-pyrrole nitrogens is 2. The maximum Gasteiger partial charge on any atom is 0.204 e. The quantitative estimate of drug-likeness (QED) is 0.718. The van der Waals surface area contributed by atoms with E-state index in [0.717, 1.165) is 35.7 Å². The second-order valence-corrected chi connectivity index (χ2v) is 5.86. The molecule has 1 atom stereocenters. The molecule has 0 aliphatic carbocycles. The van der Waals surface area contributed by atoms with Crippen LogP contribution < -0.4 is 4.74 Å². The number of methoxy groups -OCH3 is 1. The van der Waals surface area contributed by atoms with Crippen molar-refractivity contribution in [2.75, 3.05) is 26.8 Å². The van der Waals surface area contributed by atoms with Crippen LogP contribution in [-0.4, -0.2) is 62.5 Å². The fourth-order valence-corrected chi connectivity index (χ4v) is 2.99. The Balaban J connectivity index is 1.48. The molecule has 130 valence electrons. The van der Waals surface area contributed by atoms with Crippen molar-refractivity contribution in [3.8, 4) is 17.0 Å². The van der Waals surface area contributed by atoms with Crippen molar-refractivity contribution in [1.29, 1.82) is 0 Å². The van der Waals surface area contributed by atoms with Gasteiger partial charge in [0.15, 0.2) is 0 Å². The molecule has 1 saturated heterocycles. The lowest BCUT2D eigenvalue weighted by Gasteiger charge is -2.31. The average Bonchev–Trinajstić information content (AvgIpc) is 3.34. The zero-order valence-electron chi connectivity index (χ0n) is 13.8. The van der Waals surface area contributed by atoms with E-state index in [9.17, 15) is 0 Å². The minimum Gasteiger partial charge on any atom is -0.497 e. The third-order valence-electron chi connectivity index (χ3n) is 4.29. The summed E-state index contributed by atoms with van der Waals surface area (Å²) in [4.78, 5) is 2.31. The van der Waals surface area contributed by atoms with Crippen LogP contribution in [-0.2, 0) is 11.3 Å². The topological polar surface area (TPSA) is 105 Å². The molecule has 2 N–H and O–H groups in total. The summed E-state index contributed by atoms with van der Waals surface area (Å²) in [6.07, 6.45) is 1.71. The van der Waals surface area contributed by atoms with E-state index in [1.165, 1.54) is 0 Å². The van der Waals surface area contributed by atoms with E-state index in [-0.39, 0.29) is 6.10 Å². The van der Waals surface area contributed by atoms with E-state index in [1.807, 2.05) is 30.5 Å². The Morgan fingerprint density at radius 1 is 1.32 bits per heavy atom. The van der Waals surface area contributed by atoms with Gasteiger partial charge in [-0.2, -0.15) is 10.3 Å². The van der Waals surface area contributed by atoms with Gasteiger partial charge in [-0.1, -0.05) is 5.21 Å². The van der Waals surface area contributed by atoms with Crippen LogP contribution in [0.15, 0.2) is 30.5 Å². The van der Waals surface area contributed by atoms with Crippen molar-refractivity contribution in [3.63, 3.8) is 0 Å². The van der Waals surface area contributed by atoms with E-state index < -0.39 is 0 Å². The molecule has 0 spiro atoms. The molecule has 4 rings (SSSR count). The number of morpholine rings is 1. The first kappa shape index (κ1) is 15.7. The highest BCUT2D eigenvalue weighted by Gasteiger charge is 2.26. The first-order chi connectivity index (χ1) is 12.3. The number of rotatable bonds is 5. The van der Waals surface area contributed by atoms with E-state index in [1.54, 1.807) is 7.11 Å². The van der Waals surface area contributed by atoms with Gasteiger partial charge < -0.3 is 9.47 Å². The van der Waals surface area contributed by atoms with Crippen molar-refractivity contribution in [2.45, 2.75) is 12.6 Å². The van der Waals surface area contributed by atoms with Gasteiger partial charge in [0, 0.05) is 30.8 Å². The molecule has 0 amide bonds. The molecule has 1 fully saturated rings. The van der Waals surface area contributed by atoms with Gasteiger partial charge in [0.25, 0.3) is 0 Å². The number of nitrogens with zero attached hydrogens (tertiary/aromatic N) is 5. The van der Waals surface area contributed by atoms with Gasteiger partial charge in [-0.3, -0.25) is 10.00 Å². The van der Waals surface area contributed by atoms with Crippen molar-refractivity contribution in [2.24, 2.45) is 0 Å². The van der Waals surface area contributed by atoms with E-state index in [4.69, 9.17) is 9.47 Å². The molecule has 3 heterocycles. The van der Waals surface area contributed by atoms with Crippen LogP contribution in [0.5, 0.6) is 5.75 Å². The van der Waals surface area contributed by atoms with Crippen LogP contribution in [0.25, 0.3) is 11.3 Å². The third-order valence-corrected chi connectivity index (χ3v) is 4.29. The molecule has 1 aromatic carbocycles. The smallest absolute Gasteiger partial charge is 0.204 e. The maximum atomic E-state index is 5.75. The number of benzene rings is 1. The minimum atomic E-state index is -0.163. The van der Waals surface area contributed by atoms with E-state index in [0.29, 0.717) is 19.0 Å². The molecule has 0 saturated carbocycles. The van der Waals surface area contributed by atoms with Crippen LogP contribution in [0.4, 0.5) is 0 Å². The van der Waals surface area contributed by atoms with E-state index >= 15 is 0 Å². The second kappa shape index (κ2) is 6.99. The Hall–Kier alpha value is -2.78. The molecule has 0 bridgehead atoms. The highest BCUT2D eigenvalue weighted by molar-refractivity contribution is 5.63. The lowest BCUT2D eigenvalue weighted by molar-refractivity contribution is -0.0371. The Labute approximate surface area is 144 Å². The van der Waals surface area contributed by atoms with Gasteiger partial charge in [-0.05, 0) is 24.3 Å². The Morgan fingerprint density at radius 2 is 2.20 bits per heavy atom. The Bertz CT molecular complexity index is 800. The van der Waals surface area contributed by atoms with E-state index in [2.05, 4.69) is 35.7 Å². The highest BCUT2D eigenvalue weighted by Crippen LogP contribution is 2.26. The van der Waals surface area contributed by atoms with Crippen molar-refractivity contribution in [3.05, 3.63) is 41.9 Å². The van der Waals surface area contributed by atoms with Crippen LogP contribution >= 0.6 is 0 Å². The lowest BCUT2D eigenvalue weighted by Crippen LogP contribution is -2.38. The van der Waals surface area contributed by atoms with Crippen molar-refractivity contribution in [1.82, 2.24) is 35.7 Å². The average molecular weight is 341 g/mol. The van der Waals surface area contributed by atoms with Gasteiger partial charge >= 0.3 is 0 Å². The summed E-state index contributed by atoms with van der Waals surface area (Å²) >= 11 is 0. The van der Waals surface area contributed by atoms with Crippen LogP contribution in [0, 0.1) is 0 Å². The normalized spacial score (nSPS) is 18.4. The van der Waals surface area contributed by atoms with Crippen LogP contribution in [0.1, 0.15) is 17.5 Å². The maximum absolute atomic E-state index is 5.75. The van der Waals surface area contributed by atoms with Crippen molar-refractivity contribution >= 4 is 0 Å². The highest BCUT2D eigenvalue weighted by atomic mass is 16.5. The zero-order valence-corrected chi connectivity index (χ0v) is 13.8. The molecular weight excluding hydrogens is 322 g/mol. The monoisotopic (exact) mass is 341 g/mol. The van der Waals surface area contributed by atoms with Gasteiger partial charge in [0.05, 0.1) is 25.6 Å². The number of nitrogens with one attached hydrogen (secondary N) is 2. The predicted molar refractivity (Wildman–Crippen MR) is 88.7 cm³/mol. The zero-order chi connectivity index (χ0) is 17.1. The first-order valence-electron chi connectivity index (χ1n) is 8.07. The third kappa shape index (κ3) is 3.37. The molecule has 25 heavy (non-hydrogen) atoms. The Kier molecular flexibility index (Phi) is 4.40. The lowest BCUT2D eigenvalue weighted by atomic mass is 10.1. The summed E-state index contributed by atoms with van der Waals surface area (Å²) in [5.74, 6) is 1.42. The number of aromatic nitrogens is 6. The Morgan fingerprint density at radius 3 is 2.96 bits per heavy atom. The molecule has 1 aliphatic heterocycles. The molecule has 2 aromatic heterocycles. The van der Waals surface area contributed by atoms with Gasteiger partial charge in [-0.15, -0.1) is 10.2 Å². The molecule has 0 radical (unpaired) electrons. The number of tetrazole rings is 1. The van der Waals surface area contributed by atoms with Crippen molar-refractivity contribution < 1.29 is 9.47 Å². The van der Waals surface area contributed by atoms with Gasteiger partial charge in [0.1, 0.15) is 11.9 Å². The van der Waals surface area contributed by atoms with Gasteiger partial charge in [0.2, 0.25) is 5.82 Å².